The lowest BCUT2D eigenvalue weighted by Gasteiger charge is -2.11. The molecule has 0 saturated heterocycles. The number of halogens is 1. The van der Waals surface area contributed by atoms with Gasteiger partial charge in [0, 0.05) is 30.2 Å². The summed E-state index contributed by atoms with van der Waals surface area (Å²) in [6.45, 7) is 4.71. The molecule has 2 aromatic heterocycles. The Balaban J connectivity index is 1.89. The summed E-state index contributed by atoms with van der Waals surface area (Å²) >= 11 is 1.29. The van der Waals surface area contributed by atoms with Gasteiger partial charge in [0.25, 0.3) is 0 Å². The maximum absolute atomic E-state index is 13.3. The SMILES string of the molecule is CC(C)CNC(=O)CSc1nnc(-c2ccncc2)n1-c1ccc(F)cc1. The number of nitrogens with zero attached hydrogens (tertiary/aromatic N) is 4. The van der Waals surface area contributed by atoms with E-state index in [4.69, 9.17) is 0 Å². The van der Waals surface area contributed by atoms with E-state index in [9.17, 15) is 9.18 Å². The molecule has 0 aliphatic carbocycles. The molecule has 0 aliphatic rings. The minimum Gasteiger partial charge on any atom is -0.355 e. The van der Waals surface area contributed by atoms with Gasteiger partial charge in [-0.05, 0) is 42.3 Å². The molecule has 1 amide bonds. The molecule has 0 fully saturated rings. The van der Waals surface area contributed by atoms with E-state index in [1.54, 1.807) is 24.5 Å². The molecule has 6 nitrogen and oxygen atoms in total. The zero-order valence-corrected chi connectivity index (χ0v) is 15.9. The van der Waals surface area contributed by atoms with E-state index >= 15 is 0 Å². The number of carbonyl (C=O) groups is 1. The third-order valence-corrected chi connectivity index (χ3v) is 4.63. The van der Waals surface area contributed by atoms with Crippen LogP contribution in [0.15, 0.2) is 53.9 Å². The number of aromatic nitrogens is 4. The first-order valence-corrected chi connectivity index (χ1v) is 9.54. The van der Waals surface area contributed by atoms with Crippen LogP contribution in [0.25, 0.3) is 17.1 Å². The Labute approximate surface area is 161 Å². The number of nitrogens with one attached hydrogen (secondary N) is 1. The van der Waals surface area contributed by atoms with E-state index in [0.717, 1.165) is 11.3 Å². The van der Waals surface area contributed by atoms with Gasteiger partial charge in [0.1, 0.15) is 5.82 Å². The maximum atomic E-state index is 13.3. The molecular weight excluding hydrogens is 365 g/mol. The van der Waals surface area contributed by atoms with Crippen molar-refractivity contribution >= 4 is 17.7 Å². The molecule has 0 atom stereocenters. The van der Waals surface area contributed by atoms with Crippen molar-refractivity contribution < 1.29 is 9.18 Å². The summed E-state index contributed by atoms with van der Waals surface area (Å²) in [7, 11) is 0. The number of pyridine rings is 1. The fourth-order valence-corrected chi connectivity index (χ4v) is 3.16. The first kappa shape index (κ1) is 19.0. The molecule has 0 spiro atoms. The number of hydrogen-bond acceptors (Lipinski definition) is 5. The highest BCUT2D eigenvalue weighted by atomic mass is 32.2. The summed E-state index contributed by atoms with van der Waals surface area (Å²) in [4.78, 5) is 16.1. The zero-order valence-electron chi connectivity index (χ0n) is 15.1. The standard InChI is InChI=1S/C19H20FN5OS/c1-13(2)11-22-17(26)12-27-19-24-23-18(14-7-9-21-10-8-14)25(19)16-5-3-15(20)4-6-16/h3-10,13H,11-12H2,1-2H3,(H,22,26). The summed E-state index contributed by atoms with van der Waals surface area (Å²) in [6.07, 6.45) is 3.34. The van der Waals surface area contributed by atoms with E-state index in [1.165, 1.54) is 23.9 Å². The lowest BCUT2D eigenvalue weighted by Crippen LogP contribution is -2.28. The molecule has 0 unspecified atom stereocenters. The van der Waals surface area contributed by atoms with E-state index < -0.39 is 0 Å². The fraction of sp³-hybridized carbons (Fsp3) is 0.263. The van der Waals surface area contributed by atoms with Crippen molar-refractivity contribution in [2.45, 2.75) is 19.0 Å². The van der Waals surface area contributed by atoms with Gasteiger partial charge in [0.2, 0.25) is 5.91 Å². The molecule has 0 saturated carbocycles. The summed E-state index contributed by atoms with van der Waals surface area (Å²) in [5.41, 5.74) is 1.55. The van der Waals surface area contributed by atoms with Crippen LogP contribution in [0.1, 0.15) is 13.8 Å². The Morgan fingerprint density at radius 1 is 1.15 bits per heavy atom. The lowest BCUT2D eigenvalue weighted by atomic mass is 10.2. The number of thioether (sulfide) groups is 1. The van der Waals surface area contributed by atoms with Crippen molar-refractivity contribution in [2.24, 2.45) is 5.92 Å². The highest BCUT2D eigenvalue weighted by Gasteiger charge is 2.17. The average Bonchev–Trinajstić information content (AvgIpc) is 3.10. The fourth-order valence-electron chi connectivity index (χ4n) is 2.37. The summed E-state index contributed by atoms with van der Waals surface area (Å²) < 4.78 is 15.2. The Morgan fingerprint density at radius 3 is 2.52 bits per heavy atom. The third-order valence-electron chi connectivity index (χ3n) is 3.70. The second kappa shape index (κ2) is 8.77. The van der Waals surface area contributed by atoms with Crippen molar-refractivity contribution in [3.05, 3.63) is 54.6 Å². The molecular formula is C19H20FN5OS. The number of amides is 1. The van der Waals surface area contributed by atoms with Gasteiger partial charge in [0.05, 0.1) is 5.75 Å². The van der Waals surface area contributed by atoms with Crippen LogP contribution in [0.4, 0.5) is 4.39 Å². The number of hydrogen-bond donors (Lipinski definition) is 1. The van der Waals surface area contributed by atoms with Gasteiger partial charge in [-0.25, -0.2) is 4.39 Å². The van der Waals surface area contributed by atoms with Crippen LogP contribution < -0.4 is 5.32 Å². The highest BCUT2D eigenvalue weighted by molar-refractivity contribution is 7.99. The molecule has 0 aliphatic heterocycles. The average molecular weight is 385 g/mol. The predicted octanol–water partition coefficient (Wildman–Crippen LogP) is 3.33. The monoisotopic (exact) mass is 385 g/mol. The molecule has 0 radical (unpaired) electrons. The summed E-state index contributed by atoms with van der Waals surface area (Å²) in [6, 6.07) is 9.74. The largest absolute Gasteiger partial charge is 0.355 e. The molecule has 3 rings (SSSR count). The molecule has 2 heterocycles. The van der Waals surface area contributed by atoms with Gasteiger partial charge < -0.3 is 5.32 Å². The Bertz CT molecular complexity index is 896. The molecule has 27 heavy (non-hydrogen) atoms. The first-order valence-electron chi connectivity index (χ1n) is 8.56. The first-order chi connectivity index (χ1) is 13.0. The second-order valence-electron chi connectivity index (χ2n) is 6.34. The van der Waals surface area contributed by atoms with Gasteiger partial charge in [-0.1, -0.05) is 25.6 Å². The topological polar surface area (TPSA) is 72.7 Å². The van der Waals surface area contributed by atoms with Crippen molar-refractivity contribution in [2.75, 3.05) is 12.3 Å². The van der Waals surface area contributed by atoms with Crippen molar-refractivity contribution in [3.63, 3.8) is 0 Å². The zero-order chi connectivity index (χ0) is 19.2. The van der Waals surface area contributed by atoms with Crippen molar-refractivity contribution in [1.29, 1.82) is 0 Å². The van der Waals surface area contributed by atoms with Gasteiger partial charge in [-0.15, -0.1) is 10.2 Å². The van der Waals surface area contributed by atoms with Gasteiger partial charge in [-0.3, -0.25) is 14.3 Å². The van der Waals surface area contributed by atoms with Crippen LogP contribution >= 0.6 is 11.8 Å². The molecule has 1 aromatic carbocycles. The maximum Gasteiger partial charge on any atom is 0.230 e. The van der Waals surface area contributed by atoms with Crippen LogP contribution in [-0.2, 0) is 4.79 Å². The minimum atomic E-state index is -0.320. The number of benzene rings is 1. The number of rotatable bonds is 7. The Morgan fingerprint density at radius 2 is 1.85 bits per heavy atom. The van der Waals surface area contributed by atoms with Crippen molar-refractivity contribution in [1.82, 2.24) is 25.1 Å². The van der Waals surface area contributed by atoms with Gasteiger partial charge in [0.15, 0.2) is 11.0 Å². The third kappa shape index (κ3) is 4.91. The molecule has 3 aromatic rings. The molecule has 8 heteroatoms. The van der Waals surface area contributed by atoms with Crippen LogP contribution in [0.3, 0.4) is 0 Å². The number of carbonyl (C=O) groups excluding carboxylic acids is 1. The smallest absolute Gasteiger partial charge is 0.230 e. The van der Waals surface area contributed by atoms with Crippen molar-refractivity contribution in [3.8, 4) is 17.1 Å². The molecule has 0 bridgehead atoms. The van der Waals surface area contributed by atoms with E-state index in [1.807, 2.05) is 30.5 Å². The highest BCUT2D eigenvalue weighted by Crippen LogP contribution is 2.27. The van der Waals surface area contributed by atoms with Gasteiger partial charge in [-0.2, -0.15) is 0 Å². The van der Waals surface area contributed by atoms with E-state index in [-0.39, 0.29) is 17.5 Å². The predicted molar refractivity (Wildman–Crippen MR) is 103 cm³/mol. The van der Waals surface area contributed by atoms with Crippen LogP contribution in [0, 0.1) is 11.7 Å². The van der Waals surface area contributed by atoms with Gasteiger partial charge >= 0.3 is 0 Å². The van der Waals surface area contributed by atoms with E-state index in [2.05, 4.69) is 20.5 Å². The van der Waals surface area contributed by atoms with Crippen LogP contribution in [0.2, 0.25) is 0 Å². The van der Waals surface area contributed by atoms with Crippen LogP contribution in [0.5, 0.6) is 0 Å². The quantitative estimate of drug-likeness (QED) is 0.632. The minimum absolute atomic E-state index is 0.0622. The lowest BCUT2D eigenvalue weighted by molar-refractivity contribution is -0.118. The normalized spacial score (nSPS) is 11.0. The molecule has 1 N–H and O–H groups in total. The second-order valence-corrected chi connectivity index (χ2v) is 7.28. The van der Waals surface area contributed by atoms with E-state index in [0.29, 0.717) is 23.4 Å². The summed E-state index contributed by atoms with van der Waals surface area (Å²) in [5, 5.41) is 12.0. The Hall–Kier alpha value is -2.74. The molecule has 140 valence electrons. The summed E-state index contributed by atoms with van der Waals surface area (Å²) in [5.74, 6) is 0.837. The Kier molecular flexibility index (Phi) is 6.18. The van der Waals surface area contributed by atoms with Crippen LogP contribution in [-0.4, -0.2) is 38.0 Å².